The Balaban J connectivity index is 1.59. The van der Waals surface area contributed by atoms with Gasteiger partial charge in [-0.15, -0.1) is 0 Å². The average Bonchev–Trinajstić information content (AvgIpc) is 2.75. The van der Waals surface area contributed by atoms with Crippen LogP contribution in [0.2, 0.25) is 0 Å². The molecule has 0 bridgehead atoms. The van der Waals surface area contributed by atoms with Crippen LogP contribution in [0.15, 0.2) is 28.8 Å². The van der Waals surface area contributed by atoms with Crippen LogP contribution in [0, 0.1) is 5.82 Å². The van der Waals surface area contributed by atoms with Gasteiger partial charge in [0.15, 0.2) is 5.82 Å². The lowest BCUT2D eigenvalue weighted by atomic mass is 10.1. The second-order valence-electron chi connectivity index (χ2n) is 4.81. The molecule has 7 heteroatoms. The maximum absolute atomic E-state index is 12.8. The van der Waals surface area contributed by atoms with Gasteiger partial charge in [0.25, 0.3) is 0 Å². The first kappa shape index (κ1) is 14.0. The summed E-state index contributed by atoms with van der Waals surface area (Å²) in [5, 5.41) is 6.98. The minimum atomic E-state index is -0.261. The second kappa shape index (κ2) is 6.64. The lowest BCUT2D eigenvalue weighted by Crippen LogP contribution is -2.28. The van der Waals surface area contributed by atoms with Gasteiger partial charge in [-0.2, -0.15) is 4.98 Å². The Morgan fingerprint density at radius 2 is 1.86 bits per heavy atom. The monoisotopic (exact) mass is 293 g/mol. The molecule has 0 radical (unpaired) electrons. The zero-order valence-corrected chi connectivity index (χ0v) is 11.4. The molecule has 1 aromatic heterocycles. The van der Waals surface area contributed by atoms with E-state index >= 15 is 0 Å². The number of aromatic nitrogens is 2. The van der Waals surface area contributed by atoms with Gasteiger partial charge in [0.1, 0.15) is 5.82 Å². The lowest BCUT2D eigenvalue weighted by Gasteiger charge is -2.12. The molecule has 112 valence electrons. The van der Waals surface area contributed by atoms with Gasteiger partial charge >= 0.3 is 6.01 Å². The molecule has 21 heavy (non-hydrogen) atoms. The highest BCUT2D eigenvalue weighted by Crippen LogP contribution is 2.12. The minimum Gasteiger partial charge on any atom is -0.377 e. The van der Waals surface area contributed by atoms with Crippen molar-refractivity contribution in [3.8, 4) is 0 Å². The summed E-state index contributed by atoms with van der Waals surface area (Å²) in [7, 11) is 0. The predicted molar refractivity (Wildman–Crippen MR) is 72.6 cm³/mol. The fourth-order valence-electron chi connectivity index (χ4n) is 2.04. The van der Waals surface area contributed by atoms with E-state index in [1.807, 2.05) is 0 Å². The van der Waals surface area contributed by atoms with Gasteiger partial charge in [0, 0.05) is 6.42 Å². The quantitative estimate of drug-likeness (QED) is 0.924. The number of anilines is 1. The molecule has 0 unspecified atom stereocenters. The number of halogens is 1. The number of rotatable bonds is 4. The number of benzene rings is 1. The van der Waals surface area contributed by atoms with Gasteiger partial charge in [-0.3, -0.25) is 0 Å². The molecule has 0 aliphatic carbocycles. The molecule has 1 saturated heterocycles. The molecule has 1 N–H and O–H groups in total. The van der Waals surface area contributed by atoms with Crippen LogP contribution in [0.1, 0.15) is 11.4 Å². The van der Waals surface area contributed by atoms with Gasteiger partial charge < -0.3 is 19.3 Å². The van der Waals surface area contributed by atoms with E-state index < -0.39 is 0 Å². The van der Waals surface area contributed by atoms with Crippen molar-refractivity contribution < 1.29 is 18.4 Å². The summed E-state index contributed by atoms with van der Waals surface area (Å²) in [5.41, 5.74) is 0.921. The number of hydrogen-bond acceptors (Lipinski definition) is 6. The summed E-state index contributed by atoms with van der Waals surface area (Å²) in [6, 6.07) is 6.55. The first-order chi connectivity index (χ1) is 10.3. The summed E-state index contributed by atoms with van der Waals surface area (Å²) in [4.78, 5) is 4.26. The van der Waals surface area contributed by atoms with Crippen molar-refractivity contribution in [2.24, 2.45) is 0 Å². The number of nitrogens with one attached hydrogen (secondary N) is 1. The standard InChI is InChI=1S/C14H16FN3O3/c15-11-3-1-10(2-4-11)7-13-17-14(21-18-13)16-12-8-19-5-6-20-9-12/h1-4,12H,5-9H2,(H,16,17,18). The Morgan fingerprint density at radius 3 is 2.57 bits per heavy atom. The largest absolute Gasteiger partial charge is 0.377 e. The van der Waals surface area contributed by atoms with E-state index in [1.54, 1.807) is 12.1 Å². The second-order valence-corrected chi connectivity index (χ2v) is 4.81. The van der Waals surface area contributed by atoms with Crippen molar-refractivity contribution in [2.45, 2.75) is 12.5 Å². The minimum absolute atomic E-state index is 0.00776. The van der Waals surface area contributed by atoms with Gasteiger partial charge in [-0.25, -0.2) is 4.39 Å². The molecule has 0 amide bonds. The topological polar surface area (TPSA) is 69.4 Å². The van der Waals surface area contributed by atoms with Crippen LogP contribution in [0.3, 0.4) is 0 Å². The van der Waals surface area contributed by atoms with Crippen LogP contribution in [-0.2, 0) is 15.9 Å². The van der Waals surface area contributed by atoms with Crippen LogP contribution < -0.4 is 5.32 Å². The molecular formula is C14H16FN3O3. The Morgan fingerprint density at radius 1 is 1.14 bits per heavy atom. The summed E-state index contributed by atoms with van der Waals surface area (Å²) >= 11 is 0. The Labute approximate surface area is 121 Å². The average molecular weight is 293 g/mol. The summed E-state index contributed by atoms with van der Waals surface area (Å²) in [6.45, 7) is 2.26. The number of nitrogens with zero attached hydrogens (tertiary/aromatic N) is 2. The third-order valence-electron chi connectivity index (χ3n) is 3.08. The first-order valence-electron chi connectivity index (χ1n) is 6.78. The molecule has 0 spiro atoms. The zero-order chi connectivity index (χ0) is 14.5. The van der Waals surface area contributed by atoms with Gasteiger partial charge in [0.05, 0.1) is 32.5 Å². The zero-order valence-electron chi connectivity index (χ0n) is 11.4. The molecule has 1 aliphatic heterocycles. The van der Waals surface area contributed by atoms with Crippen LogP contribution in [0.5, 0.6) is 0 Å². The third kappa shape index (κ3) is 3.99. The molecular weight excluding hydrogens is 277 g/mol. The van der Waals surface area contributed by atoms with Crippen molar-refractivity contribution >= 4 is 6.01 Å². The first-order valence-corrected chi connectivity index (χ1v) is 6.78. The number of hydrogen-bond donors (Lipinski definition) is 1. The van der Waals surface area contributed by atoms with Crippen molar-refractivity contribution in [1.29, 1.82) is 0 Å². The van der Waals surface area contributed by atoms with E-state index in [2.05, 4.69) is 15.5 Å². The SMILES string of the molecule is Fc1ccc(Cc2noc(NC3COCCOC3)n2)cc1. The maximum atomic E-state index is 12.8. The molecule has 1 aliphatic rings. The van der Waals surface area contributed by atoms with Crippen molar-refractivity contribution in [1.82, 2.24) is 10.1 Å². The van der Waals surface area contributed by atoms with E-state index in [1.165, 1.54) is 12.1 Å². The number of ether oxygens (including phenoxy) is 2. The highest BCUT2D eigenvalue weighted by atomic mass is 19.1. The molecule has 3 rings (SSSR count). The fraction of sp³-hybridized carbons (Fsp3) is 0.429. The smallest absolute Gasteiger partial charge is 0.321 e. The van der Waals surface area contributed by atoms with E-state index in [0.717, 1.165) is 5.56 Å². The van der Waals surface area contributed by atoms with E-state index in [4.69, 9.17) is 14.0 Å². The summed E-state index contributed by atoms with van der Waals surface area (Å²) in [6.07, 6.45) is 0.489. The summed E-state index contributed by atoms with van der Waals surface area (Å²) in [5.74, 6) is 0.280. The summed E-state index contributed by atoms with van der Waals surface area (Å²) < 4.78 is 28.7. The molecule has 0 saturated carbocycles. The predicted octanol–water partition coefficient (Wildman–Crippen LogP) is 1.63. The highest BCUT2D eigenvalue weighted by Gasteiger charge is 2.16. The Kier molecular flexibility index (Phi) is 4.42. The van der Waals surface area contributed by atoms with E-state index in [0.29, 0.717) is 44.7 Å². The normalized spacial score (nSPS) is 16.6. The maximum Gasteiger partial charge on any atom is 0.321 e. The third-order valence-corrected chi connectivity index (χ3v) is 3.08. The van der Waals surface area contributed by atoms with Gasteiger partial charge in [-0.1, -0.05) is 17.3 Å². The lowest BCUT2D eigenvalue weighted by molar-refractivity contribution is 0.103. The molecule has 1 fully saturated rings. The van der Waals surface area contributed by atoms with E-state index in [9.17, 15) is 4.39 Å². The molecule has 2 aromatic rings. The van der Waals surface area contributed by atoms with Gasteiger partial charge in [0.2, 0.25) is 0 Å². The van der Waals surface area contributed by atoms with Crippen molar-refractivity contribution in [2.75, 3.05) is 31.7 Å². The van der Waals surface area contributed by atoms with Crippen LogP contribution in [-0.4, -0.2) is 42.6 Å². The van der Waals surface area contributed by atoms with Crippen LogP contribution >= 0.6 is 0 Å². The molecule has 1 aromatic carbocycles. The van der Waals surface area contributed by atoms with E-state index in [-0.39, 0.29) is 11.9 Å². The molecule has 0 atom stereocenters. The van der Waals surface area contributed by atoms with Crippen LogP contribution in [0.4, 0.5) is 10.4 Å². The van der Waals surface area contributed by atoms with Crippen molar-refractivity contribution in [3.63, 3.8) is 0 Å². The van der Waals surface area contributed by atoms with Gasteiger partial charge in [-0.05, 0) is 17.7 Å². The Bertz CT molecular complexity index is 565. The highest BCUT2D eigenvalue weighted by molar-refractivity contribution is 5.24. The van der Waals surface area contributed by atoms with Crippen LogP contribution in [0.25, 0.3) is 0 Å². The Hall–Kier alpha value is -1.99. The molecule has 6 nitrogen and oxygen atoms in total. The fourth-order valence-corrected chi connectivity index (χ4v) is 2.04. The molecule has 2 heterocycles. The van der Waals surface area contributed by atoms with Crippen molar-refractivity contribution in [3.05, 3.63) is 41.5 Å².